The van der Waals surface area contributed by atoms with Gasteiger partial charge in [0.25, 0.3) is 0 Å². The largest absolute Gasteiger partial charge is 0.271 e. The molecule has 1 aromatic heterocycles. The van der Waals surface area contributed by atoms with Crippen LogP contribution in [0, 0.1) is 5.82 Å². The topological polar surface area (TPSA) is 50.9 Å². The Labute approximate surface area is 113 Å². The first kappa shape index (κ1) is 13.1. The summed E-state index contributed by atoms with van der Waals surface area (Å²) in [5.41, 5.74) is 4.01. The quantitative estimate of drug-likeness (QED) is 0.674. The van der Waals surface area contributed by atoms with Gasteiger partial charge in [0, 0.05) is 28.3 Å². The molecule has 5 heteroatoms. The van der Waals surface area contributed by atoms with Gasteiger partial charge in [-0.1, -0.05) is 28.1 Å². The zero-order valence-corrected chi connectivity index (χ0v) is 11.2. The van der Waals surface area contributed by atoms with E-state index in [2.05, 4.69) is 26.3 Å². The van der Waals surface area contributed by atoms with E-state index in [1.165, 1.54) is 6.07 Å². The van der Waals surface area contributed by atoms with Crippen LogP contribution >= 0.6 is 15.9 Å². The third kappa shape index (κ3) is 2.93. The first-order valence-corrected chi connectivity index (χ1v) is 6.31. The Bertz CT molecular complexity index is 499. The number of hydrogen-bond donors (Lipinski definition) is 2. The molecule has 0 aliphatic rings. The maximum absolute atomic E-state index is 13.8. The van der Waals surface area contributed by atoms with Crippen molar-refractivity contribution in [3.63, 3.8) is 0 Å². The first-order valence-electron chi connectivity index (χ1n) is 5.52. The third-order valence-corrected chi connectivity index (χ3v) is 3.38. The van der Waals surface area contributed by atoms with Gasteiger partial charge in [-0.15, -0.1) is 0 Å². The number of pyridine rings is 1. The van der Waals surface area contributed by atoms with Crippen molar-refractivity contribution in [2.45, 2.75) is 12.5 Å². The van der Waals surface area contributed by atoms with E-state index in [1.807, 2.05) is 18.2 Å². The molecule has 0 aliphatic heterocycles. The van der Waals surface area contributed by atoms with Crippen LogP contribution in [0.25, 0.3) is 0 Å². The molecule has 0 fully saturated rings. The molecule has 2 rings (SSSR count). The minimum Gasteiger partial charge on any atom is -0.271 e. The van der Waals surface area contributed by atoms with E-state index in [1.54, 1.807) is 18.3 Å². The fourth-order valence-corrected chi connectivity index (χ4v) is 2.43. The number of aromatic nitrogens is 1. The van der Waals surface area contributed by atoms with E-state index in [0.717, 1.165) is 5.69 Å². The first-order chi connectivity index (χ1) is 8.72. The molecule has 0 radical (unpaired) electrons. The second-order valence-electron chi connectivity index (χ2n) is 3.88. The lowest BCUT2D eigenvalue weighted by molar-refractivity contribution is 0.504. The van der Waals surface area contributed by atoms with Gasteiger partial charge in [0.1, 0.15) is 5.82 Å². The summed E-state index contributed by atoms with van der Waals surface area (Å²) >= 11 is 3.35. The van der Waals surface area contributed by atoms with Gasteiger partial charge in [-0.05, 0) is 24.3 Å². The molecule has 3 N–H and O–H groups in total. The Morgan fingerprint density at radius 2 is 2.11 bits per heavy atom. The van der Waals surface area contributed by atoms with Gasteiger partial charge in [-0.25, -0.2) is 4.39 Å². The summed E-state index contributed by atoms with van der Waals surface area (Å²) < 4.78 is 14.5. The molecule has 1 heterocycles. The molecule has 0 bridgehead atoms. The van der Waals surface area contributed by atoms with E-state index >= 15 is 0 Å². The van der Waals surface area contributed by atoms with Crippen LogP contribution in [0.1, 0.15) is 17.3 Å². The lowest BCUT2D eigenvalue weighted by Crippen LogP contribution is -2.30. The maximum atomic E-state index is 13.8. The number of nitrogens with two attached hydrogens (primary N) is 1. The van der Waals surface area contributed by atoms with E-state index in [0.29, 0.717) is 16.5 Å². The molecule has 0 amide bonds. The van der Waals surface area contributed by atoms with Crippen LogP contribution in [0.3, 0.4) is 0 Å². The monoisotopic (exact) mass is 309 g/mol. The van der Waals surface area contributed by atoms with Crippen molar-refractivity contribution in [3.8, 4) is 0 Å². The number of nitrogens with zero attached hydrogens (tertiary/aromatic N) is 1. The van der Waals surface area contributed by atoms with Crippen molar-refractivity contribution in [1.29, 1.82) is 0 Å². The number of benzene rings is 1. The summed E-state index contributed by atoms with van der Waals surface area (Å²) in [7, 11) is 0. The molecule has 1 atom stereocenters. The summed E-state index contributed by atoms with van der Waals surface area (Å²) in [5, 5.41) is 0. The summed E-state index contributed by atoms with van der Waals surface area (Å²) in [5.74, 6) is 5.24. The van der Waals surface area contributed by atoms with E-state index in [9.17, 15) is 4.39 Å². The van der Waals surface area contributed by atoms with Gasteiger partial charge in [0.05, 0.1) is 6.04 Å². The molecule has 0 aliphatic carbocycles. The molecule has 2 aromatic rings. The molecule has 1 aromatic carbocycles. The highest BCUT2D eigenvalue weighted by molar-refractivity contribution is 9.10. The number of halogens is 2. The smallest absolute Gasteiger partial charge is 0.129 e. The number of nitrogens with one attached hydrogen (secondary N) is 1. The minimum atomic E-state index is -0.324. The number of hydrogen-bond acceptors (Lipinski definition) is 3. The third-order valence-electron chi connectivity index (χ3n) is 2.69. The van der Waals surface area contributed by atoms with Crippen LogP contribution in [0.5, 0.6) is 0 Å². The highest BCUT2D eigenvalue weighted by Crippen LogP contribution is 2.27. The highest BCUT2D eigenvalue weighted by Gasteiger charge is 2.18. The average Bonchev–Trinajstić information content (AvgIpc) is 2.38. The fraction of sp³-hybridized carbons (Fsp3) is 0.154. The van der Waals surface area contributed by atoms with Crippen molar-refractivity contribution < 1.29 is 4.39 Å². The van der Waals surface area contributed by atoms with Gasteiger partial charge in [-0.2, -0.15) is 0 Å². The molecule has 0 saturated heterocycles. The molecule has 94 valence electrons. The summed E-state index contributed by atoms with van der Waals surface area (Å²) in [6.07, 6.45) is 2.23. The van der Waals surface area contributed by atoms with Crippen LogP contribution in [0.2, 0.25) is 0 Å². The lowest BCUT2D eigenvalue weighted by Gasteiger charge is -2.18. The summed E-state index contributed by atoms with van der Waals surface area (Å²) in [6, 6.07) is 10.2. The molecular formula is C13H13BrFN3. The van der Waals surface area contributed by atoms with Crippen molar-refractivity contribution >= 4 is 15.9 Å². The van der Waals surface area contributed by atoms with Gasteiger partial charge in [0.15, 0.2) is 0 Å². The van der Waals surface area contributed by atoms with Crippen molar-refractivity contribution in [2.24, 2.45) is 5.84 Å². The molecule has 3 nitrogen and oxygen atoms in total. The van der Waals surface area contributed by atoms with E-state index < -0.39 is 0 Å². The van der Waals surface area contributed by atoms with E-state index in [-0.39, 0.29) is 11.9 Å². The highest BCUT2D eigenvalue weighted by atomic mass is 79.9. The Morgan fingerprint density at radius 1 is 1.28 bits per heavy atom. The van der Waals surface area contributed by atoms with Crippen molar-refractivity contribution in [1.82, 2.24) is 10.4 Å². The summed E-state index contributed by atoms with van der Waals surface area (Å²) in [4.78, 5) is 4.22. The van der Waals surface area contributed by atoms with Gasteiger partial charge in [-0.3, -0.25) is 16.3 Å². The normalized spacial score (nSPS) is 12.4. The minimum absolute atomic E-state index is 0.289. The lowest BCUT2D eigenvalue weighted by atomic mass is 10.0. The molecule has 0 saturated carbocycles. The van der Waals surface area contributed by atoms with Gasteiger partial charge in [0.2, 0.25) is 0 Å². The Hall–Kier alpha value is -1.30. The second kappa shape index (κ2) is 6.04. The van der Waals surface area contributed by atoms with Crippen molar-refractivity contribution in [2.75, 3.05) is 0 Å². The molecule has 1 unspecified atom stereocenters. The van der Waals surface area contributed by atoms with E-state index in [4.69, 9.17) is 5.84 Å². The van der Waals surface area contributed by atoms with Crippen LogP contribution in [0.15, 0.2) is 47.1 Å². The SMILES string of the molecule is NNC(Cc1ccccn1)c1c(F)cccc1Br. The van der Waals surface area contributed by atoms with Crippen LogP contribution in [-0.2, 0) is 6.42 Å². The predicted molar refractivity (Wildman–Crippen MR) is 72.1 cm³/mol. The Balaban J connectivity index is 2.29. The molecule has 0 spiro atoms. The standard InChI is InChI=1S/C13H13BrFN3/c14-10-5-3-6-11(15)13(10)12(18-16)8-9-4-1-2-7-17-9/h1-7,12,18H,8,16H2. The summed E-state index contributed by atoms with van der Waals surface area (Å²) in [6.45, 7) is 0. The van der Waals surface area contributed by atoms with Gasteiger partial charge < -0.3 is 0 Å². The average molecular weight is 310 g/mol. The zero-order chi connectivity index (χ0) is 13.0. The van der Waals surface area contributed by atoms with Crippen LogP contribution in [-0.4, -0.2) is 4.98 Å². The van der Waals surface area contributed by atoms with Gasteiger partial charge >= 0.3 is 0 Å². The number of rotatable bonds is 4. The fourth-order valence-electron chi connectivity index (χ4n) is 1.82. The number of hydrazine groups is 1. The van der Waals surface area contributed by atoms with Crippen LogP contribution in [0.4, 0.5) is 4.39 Å². The second-order valence-corrected chi connectivity index (χ2v) is 4.73. The predicted octanol–water partition coefficient (Wildman–Crippen LogP) is 2.73. The van der Waals surface area contributed by atoms with Crippen molar-refractivity contribution in [3.05, 3.63) is 64.1 Å². The maximum Gasteiger partial charge on any atom is 0.129 e. The zero-order valence-electron chi connectivity index (χ0n) is 9.61. The Morgan fingerprint density at radius 3 is 2.72 bits per heavy atom. The van der Waals surface area contributed by atoms with Crippen LogP contribution < -0.4 is 11.3 Å². The molecule has 18 heavy (non-hydrogen) atoms. The Kier molecular flexibility index (Phi) is 4.41. The molecular weight excluding hydrogens is 297 g/mol.